The number of aliphatic hydroxyl groups is 1. The van der Waals surface area contributed by atoms with Crippen molar-refractivity contribution in [2.75, 3.05) is 11.1 Å². The van der Waals surface area contributed by atoms with E-state index in [0.29, 0.717) is 29.0 Å². The highest BCUT2D eigenvalue weighted by molar-refractivity contribution is 7.99. The van der Waals surface area contributed by atoms with Crippen molar-refractivity contribution in [2.45, 2.75) is 43.8 Å². The first kappa shape index (κ1) is 42.4. The molecule has 10 heteroatoms. The average Bonchev–Trinajstić information content (AvgIpc) is 3.79. The predicted octanol–water partition coefficient (Wildman–Crippen LogP) is 12.9. The Kier molecular flexibility index (Phi) is 13.3. The molecule has 0 bridgehead atoms. The van der Waals surface area contributed by atoms with Crippen LogP contribution in [0.2, 0.25) is 0 Å². The normalized spacial score (nSPS) is 17.1. The van der Waals surface area contributed by atoms with Gasteiger partial charge in [0.15, 0.2) is 12.1 Å². The van der Waals surface area contributed by atoms with Crippen molar-refractivity contribution >= 4 is 23.5 Å². The van der Waals surface area contributed by atoms with Gasteiger partial charge in [-0.15, -0.1) is 0 Å². The van der Waals surface area contributed by atoms with E-state index in [2.05, 4.69) is 41.8 Å². The molecule has 0 unspecified atom stereocenters. The molecule has 0 spiro atoms. The summed E-state index contributed by atoms with van der Waals surface area (Å²) in [7, 11) is 0. The Balaban J connectivity index is 0.874. The summed E-state index contributed by atoms with van der Waals surface area (Å²) in [6, 6.07) is 61.0. The summed E-state index contributed by atoms with van der Waals surface area (Å²) in [5.41, 5.74) is 9.17. The van der Waals surface area contributed by atoms with Gasteiger partial charge in [0.25, 0.3) is 5.22 Å². The van der Waals surface area contributed by atoms with Crippen molar-refractivity contribution in [1.29, 1.82) is 0 Å². The highest BCUT2D eigenvalue weighted by Gasteiger charge is 2.39. The summed E-state index contributed by atoms with van der Waals surface area (Å²) in [6.45, 7) is 2.48. The van der Waals surface area contributed by atoms with Crippen LogP contribution in [-0.4, -0.2) is 28.0 Å². The Bertz CT molecular complexity index is 2690. The monoisotopic (exact) mass is 865 g/mol. The van der Waals surface area contributed by atoms with Crippen LogP contribution in [-0.2, 0) is 22.6 Å². The molecule has 9 nitrogen and oxygen atoms in total. The van der Waals surface area contributed by atoms with Gasteiger partial charge in [0, 0.05) is 40.6 Å². The second-order valence-corrected chi connectivity index (χ2v) is 16.6. The summed E-state index contributed by atoms with van der Waals surface area (Å²) in [5.74, 6) is 2.73. The van der Waals surface area contributed by atoms with Gasteiger partial charge in [-0.05, 0) is 70.3 Å². The number of aromatic nitrogens is 1. The average molecular weight is 866 g/mol. The van der Waals surface area contributed by atoms with Crippen molar-refractivity contribution in [1.82, 2.24) is 10.3 Å². The van der Waals surface area contributed by atoms with Crippen LogP contribution in [0.5, 0.6) is 11.5 Å². The fourth-order valence-electron chi connectivity index (χ4n) is 7.68. The lowest BCUT2D eigenvalue weighted by Gasteiger charge is -2.41. The molecule has 0 radical (unpaired) electrons. The van der Waals surface area contributed by atoms with Gasteiger partial charge in [-0.1, -0.05) is 164 Å². The van der Waals surface area contributed by atoms with E-state index in [1.165, 1.54) is 11.8 Å². The number of urea groups is 1. The predicted molar refractivity (Wildman–Crippen MR) is 252 cm³/mol. The third-order valence-electron chi connectivity index (χ3n) is 11.2. The summed E-state index contributed by atoms with van der Waals surface area (Å²) < 4.78 is 25.9. The Labute approximate surface area is 377 Å². The minimum atomic E-state index is -0.635. The van der Waals surface area contributed by atoms with E-state index in [0.717, 1.165) is 61.7 Å². The van der Waals surface area contributed by atoms with Gasteiger partial charge in [0.1, 0.15) is 17.2 Å². The third-order valence-corrected chi connectivity index (χ3v) is 12.1. The lowest BCUT2D eigenvalue weighted by molar-refractivity contribution is -0.268. The molecule has 2 heterocycles. The largest absolute Gasteiger partial charge is 0.457 e. The minimum absolute atomic E-state index is 0.0151. The number of aliphatic hydroxyl groups excluding tert-OH is 1. The maximum absolute atomic E-state index is 12.8. The first-order chi connectivity index (χ1) is 31.5. The topological polar surface area (TPSA) is 115 Å². The van der Waals surface area contributed by atoms with Crippen LogP contribution in [0.4, 0.5) is 10.5 Å². The molecule has 0 saturated carbocycles. The second-order valence-electron chi connectivity index (χ2n) is 15.6. The number of benzene rings is 7. The van der Waals surface area contributed by atoms with Gasteiger partial charge in [-0.3, -0.25) is 0 Å². The van der Waals surface area contributed by atoms with Crippen LogP contribution in [0.25, 0.3) is 33.7 Å². The van der Waals surface area contributed by atoms with Crippen LogP contribution < -0.4 is 15.4 Å². The van der Waals surface area contributed by atoms with Crippen LogP contribution >= 0.6 is 11.8 Å². The Morgan fingerprint density at radius 1 is 0.656 bits per heavy atom. The number of ether oxygens (including phenoxy) is 3. The van der Waals surface area contributed by atoms with Crippen molar-refractivity contribution < 1.29 is 28.5 Å². The van der Waals surface area contributed by atoms with Crippen molar-refractivity contribution in [3.63, 3.8) is 0 Å². The number of carbonyl (C=O) groups is 1. The van der Waals surface area contributed by atoms with Gasteiger partial charge in [-0.2, -0.15) is 0 Å². The Hall–Kier alpha value is -6.95. The number of hydrogen-bond donors (Lipinski definition) is 3. The highest BCUT2D eigenvalue weighted by Crippen LogP contribution is 2.44. The number of nitrogens with one attached hydrogen (secondary N) is 2. The Morgan fingerprint density at radius 3 is 2.00 bits per heavy atom. The molecule has 1 aliphatic rings. The van der Waals surface area contributed by atoms with Crippen LogP contribution in [0, 0.1) is 5.92 Å². The number of rotatable bonds is 14. The first-order valence-corrected chi connectivity index (χ1v) is 22.3. The Morgan fingerprint density at radius 2 is 1.30 bits per heavy atom. The molecule has 2 amide bonds. The SMILES string of the molecule is C[C@@H]1[C@H](CSc2nc(-c3ccccc3)c(-c3ccccc3)o2)O[C@H](c2ccc(-c3cccc(CNC(=O)Nc4ccc(Oc5ccccc5)cc4)c3)cc2)O[C@@H]1c1ccc(CO)cc1. The molecule has 1 aliphatic heterocycles. The van der Waals surface area contributed by atoms with Crippen LogP contribution in [0.15, 0.2) is 198 Å². The molecule has 64 heavy (non-hydrogen) atoms. The van der Waals surface area contributed by atoms with Gasteiger partial charge in [0.2, 0.25) is 0 Å². The van der Waals surface area contributed by atoms with E-state index in [1.807, 2.05) is 164 Å². The van der Waals surface area contributed by atoms with Crippen LogP contribution in [0.3, 0.4) is 0 Å². The molecule has 1 saturated heterocycles. The smallest absolute Gasteiger partial charge is 0.319 e. The number of para-hydroxylation sites is 1. The van der Waals surface area contributed by atoms with E-state index in [-0.39, 0.29) is 30.8 Å². The molecule has 3 N–H and O–H groups in total. The van der Waals surface area contributed by atoms with E-state index in [4.69, 9.17) is 23.6 Å². The zero-order valence-electron chi connectivity index (χ0n) is 35.2. The lowest BCUT2D eigenvalue weighted by Crippen LogP contribution is -2.38. The maximum Gasteiger partial charge on any atom is 0.319 e. The quantitative estimate of drug-likeness (QED) is 0.0926. The van der Waals surface area contributed by atoms with E-state index >= 15 is 0 Å². The number of thioether (sulfide) groups is 1. The standard InChI is InChI=1S/C54H47N3O6S/c1-36-48(35-64-54-57-49(40-13-5-2-6-14-40)51(63-54)41-15-7-3-8-16-41)61-52(62-50(36)42-22-20-37(34-58)21-23-42)43-26-24-39(25-27-43)44-17-11-12-38(32-44)33-55-53(59)56-45-28-30-47(31-29-45)60-46-18-9-4-10-19-46/h2-32,36,48,50,52,58H,33-35H2,1H3,(H2,55,56,59)/t36-,48+,50+,52+/m1/s1. The molecule has 320 valence electrons. The number of hydrogen-bond acceptors (Lipinski definition) is 8. The van der Waals surface area contributed by atoms with Crippen molar-refractivity contribution in [3.05, 3.63) is 210 Å². The zero-order valence-corrected chi connectivity index (χ0v) is 36.0. The third kappa shape index (κ3) is 10.3. The molecule has 0 aliphatic carbocycles. The van der Waals surface area contributed by atoms with Crippen LogP contribution in [0.1, 0.15) is 41.6 Å². The summed E-state index contributed by atoms with van der Waals surface area (Å²) in [5, 5.41) is 16.2. The van der Waals surface area contributed by atoms with Crippen molar-refractivity contribution in [3.8, 4) is 45.2 Å². The highest BCUT2D eigenvalue weighted by atomic mass is 32.2. The molecule has 9 rings (SSSR count). The number of nitrogens with zero attached hydrogens (tertiary/aromatic N) is 1. The van der Waals surface area contributed by atoms with Crippen molar-refractivity contribution in [2.24, 2.45) is 5.92 Å². The second kappa shape index (κ2) is 20.0. The summed E-state index contributed by atoms with van der Waals surface area (Å²) in [6.07, 6.45) is -1.12. The molecule has 1 aromatic heterocycles. The first-order valence-electron chi connectivity index (χ1n) is 21.3. The number of carbonyl (C=O) groups excluding carboxylic acids is 1. The summed E-state index contributed by atoms with van der Waals surface area (Å²) in [4.78, 5) is 17.8. The molecule has 7 aromatic carbocycles. The van der Waals surface area contributed by atoms with Gasteiger partial charge in [0.05, 0.1) is 18.8 Å². The number of amides is 2. The van der Waals surface area contributed by atoms with Gasteiger partial charge >= 0.3 is 6.03 Å². The lowest BCUT2D eigenvalue weighted by atomic mass is 9.91. The fourth-order valence-corrected chi connectivity index (χ4v) is 8.67. The molecule has 8 aromatic rings. The molecule has 1 fully saturated rings. The molecule has 4 atom stereocenters. The molecular weight excluding hydrogens is 819 g/mol. The maximum atomic E-state index is 12.8. The van der Waals surface area contributed by atoms with Gasteiger partial charge in [-0.25, -0.2) is 9.78 Å². The van der Waals surface area contributed by atoms with E-state index in [9.17, 15) is 9.90 Å². The fraction of sp³-hybridized carbons (Fsp3) is 0.148. The number of oxazole rings is 1. The van der Waals surface area contributed by atoms with Gasteiger partial charge < -0.3 is 34.4 Å². The van der Waals surface area contributed by atoms with E-state index < -0.39 is 6.29 Å². The zero-order chi connectivity index (χ0) is 43.7. The molecular formula is C54H47N3O6S. The summed E-state index contributed by atoms with van der Waals surface area (Å²) >= 11 is 1.54. The minimum Gasteiger partial charge on any atom is -0.457 e. The number of anilines is 1. The van der Waals surface area contributed by atoms with E-state index in [1.54, 1.807) is 0 Å².